The quantitative estimate of drug-likeness (QED) is 0.287. The summed E-state index contributed by atoms with van der Waals surface area (Å²) in [5.74, 6) is -0.812. The molecule has 1 aromatic carbocycles. The molecule has 0 saturated carbocycles. The lowest BCUT2D eigenvalue weighted by atomic mass is 10.1. The smallest absolute Gasteiger partial charge is 0.343 e. The first kappa shape index (κ1) is 17.1. The summed E-state index contributed by atoms with van der Waals surface area (Å²) in [6.07, 6.45) is 4.46. The monoisotopic (exact) mass is 322 g/mol. The second-order valence-corrected chi connectivity index (χ2v) is 4.91. The summed E-state index contributed by atoms with van der Waals surface area (Å²) >= 11 is 0. The van der Waals surface area contributed by atoms with Crippen LogP contribution < -0.4 is 0 Å². The zero-order valence-corrected chi connectivity index (χ0v) is 13.3. The molecule has 24 heavy (non-hydrogen) atoms. The van der Waals surface area contributed by atoms with Crippen molar-refractivity contribution >= 4 is 17.9 Å². The molecule has 2 aromatic rings. The zero-order valence-electron chi connectivity index (χ0n) is 13.3. The van der Waals surface area contributed by atoms with Gasteiger partial charge in [0.25, 0.3) is 0 Å². The van der Waals surface area contributed by atoms with Gasteiger partial charge in [-0.1, -0.05) is 30.9 Å². The molecule has 2 rings (SSSR count). The molecule has 1 aromatic heterocycles. The maximum Gasteiger partial charge on any atom is 0.343 e. The Balaban J connectivity index is 2.23. The minimum absolute atomic E-state index is 0.0000826. The number of aromatic nitrogens is 1. The van der Waals surface area contributed by atoms with E-state index in [9.17, 15) is 9.90 Å². The van der Waals surface area contributed by atoms with E-state index in [2.05, 4.69) is 16.6 Å². The summed E-state index contributed by atoms with van der Waals surface area (Å²) in [4.78, 5) is 20.4. The summed E-state index contributed by atoms with van der Waals surface area (Å²) in [5.41, 5.74) is 2.37. The number of ether oxygens (including phenoxy) is 1. The molecule has 0 saturated heterocycles. The van der Waals surface area contributed by atoms with Crippen LogP contribution in [0, 0.1) is 0 Å². The van der Waals surface area contributed by atoms with Crippen LogP contribution in [0.1, 0.15) is 6.92 Å². The molecule has 0 fully saturated rings. The number of aliphatic imine (C=N–C) groups is 1. The molecule has 1 heterocycles. The van der Waals surface area contributed by atoms with Crippen molar-refractivity contribution in [2.75, 3.05) is 6.61 Å². The number of benzene rings is 1. The predicted octanol–water partition coefficient (Wildman–Crippen LogP) is 4.01. The number of hydrogen-bond acceptors (Lipinski definition) is 5. The fourth-order valence-corrected chi connectivity index (χ4v) is 1.92. The number of esters is 1. The summed E-state index contributed by atoms with van der Waals surface area (Å²) in [6, 6.07) is 13.1. The maximum absolute atomic E-state index is 11.9. The van der Waals surface area contributed by atoms with Gasteiger partial charge in [-0.15, -0.1) is 0 Å². The second-order valence-electron chi connectivity index (χ2n) is 4.91. The van der Waals surface area contributed by atoms with Gasteiger partial charge in [0.2, 0.25) is 0 Å². The van der Waals surface area contributed by atoms with Crippen molar-refractivity contribution in [3.05, 3.63) is 72.6 Å². The van der Waals surface area contributed by atoms with E-state index in [0.717, 1.165) is 11.3 Å². The van der Waals surface area contributed by atoms with Crippen molar-refractivity contribution in [3.63, 3.8) is 0 Å². The molecule has 0 aliphatic heterocycles. The molecule has 1 N–H and O–H groups in total. The van der Waals surface area contributed by atoms with Crippen LogP contribution in [0.3, 0.4) is 0 Å². The van der Waals surface area contributed by atoms with Crippen molar-refractivity contribution < 1.29 is 14.6 Å². The third-order valence-corrected chi connectivity index (χ3v) is 3.09. The van der Waals surface area contributed by atoms with Crippen LogP contribution in [-0.2, 0) is 9.53 Å². The molecular formula is C19H18N2O3. The number of pyridine rings is 1. The lowest BCUT2D eigenvalue weighted by molar-refractivity contribution is -0.137. The van der Waals surface area contributed by atoms with Crippen LogP contribution in [0.25, 0.3) is 11.3 Å². The molecule has 0 aliphatic carbocycles. The average Bonchev–Trinajstić information content (AvgIpc) is 2.61. The van der Waals surface area contributed by atoms with Gasteiger partial charge in [-0.25, -0.2) is 4.79 Å². The van der Waals surface area contributed by atoms with Gasteiger partial charge < -0.3 is 9.84 Å². The summed E-state index contributed by atoms with van der Waals surface area (Å²) < 4.78 is 4.92. The number of rotatable bonds is 6. The Labute approximate surface area is 140 Å². The molecule has 0 bridgehead atoms. The minimum Gasteiger partial charge on any atom is -0.512 e. The number of nitrogens with zero attached hydrogens (tertiary/aromatic N) is 2. The van der Waals surface area contributed by atoms with Crippen LogP contribution in [0.2, 0.25) is 0 Å². The minimum atomic E-state index is -0.653. The highest BCUT2D eigenvalue weighted by molar-refractivity contribution is 6.10. The molecular weight excluding hydrogens is 304 g/mol. The Bertz CT molecular complexity index is 776. The fourth-order valence-electron chi connectivity index (χ4n) is 1.92. The molecule has 0 radical (unpaired) electrons. The molecule has 5 nitrogen and oxygen atoms in total. The van der Waals surface area contributed by atoms with E-state index in [4.69, 9.17) is 4.74 Å². The lowest BCUT2D eigenvalue weighted by Gasteiger charge is -2.04. The van der Waals surface area contributed by atoms with E-state index >= 15 is 0 Å². The van der Waals surface area contributed by atoms with Crippen LogP contribution >= 0.6 is 0 Å². The van der Waals surface area contributed by atoms with Gasteiger partial charge in [0.05, 0.1) is 11.4 Å². The Kier molecular flexibility index (Phi) is 6.02. The topological polar surface area (TPSA) is 71.8 Å². The average molecular weight is 322 g/mol. The van der Waals surface area contributed by atoms with Crippen molar-refractivity contribution in [1.82, 2.24) is 4.98 Å². The van der Waals surface area contributed by atoms with Gasteiger partial charge in [-0.2, -0.15) is 0 Å². The summed E-state index contributed by atoms with van der Waals surface area (Å²) in [5, 5.41) is 9.64. The standard InChI is InChI=1S/C19H18N2O3/c1-3-11-24-19(23)17(14(2)22)13-21-16-8-6-7-15(12-16)18-9-4-5-10-20-18/h3-10,12-13,22H,1,11H2,2H3. The third kappa shape index (κ3) is 4.64. The Morgan fingerprint density at radius 2 is 2.17 bits per heavy atom. The second kappa shape index (κ2) is 8.43. The highest BCUT2D eigenvalue weighted by Crippen LogP contribution is 2.22. The molecule has 0 spiro atoms. The van der Waals surface area contributed by atoms with Gasteiger partial charge in [0, 0.05) is 18.0 Å². The molecule has 0 atom stereocenters. The first-order valence-electron chi connectivity index (χ1n) is 7.35. The van der Waals surface area contributed by atoms with Gasteiger partial charge in [-0.3, -0.25) is 9.98 Å². The largest absolute Gasteiger partial charge is 0.512 e. The van der Waals surface area contributed by atoms with E-state index in [1.54, 1.807) is 12.3 Å². The van der Waals surface area contributed by atoms with Gasteiger partial charge in [0.15, 0.2) is 0 Å². The van der Waals surface area contributed by atoms with Gasteiger partial charge >= 0.3 is 5.97 Å². The molecule has 0 unspecified atom stereocenters. The molecule has 5 heteroatoms. The fraction of sp³-hybridized carbons (Fsp3) is 0.105. The molecule has 122 valence electrons. The van der Waals surface area contributed by atoms with E-state index in [1.165, 1.54) is 19.2 Å². The normalized spacial score (nSPS) is 11.9. The highest BCUT2D eigenvalue weighted by atomic mass is 16.5. The number of aliphatic hydroxyl groups is 1. The van der Waals surface area contributed by atoms with Crippen molar-refractivity contribution in [2.45, 2.75) is 6.92 Å². The third-order valence-electron chi connectivity index (χ3n) is 3.09. The maximum atomic E-state index is 11.9. The molecule has 0 amide bonds. The van der Waals surface area contributed by atoms with Crippen molar-refractivity contribution in [3.8, 4) is 11.3 Å². The van der Waals surface area contributed by atoms with Crippen LogP contribution in [0.15, 0.2) is 77.6 Å². The van der Waals surface area contributed by atoms with Crippen LogP contribution in [0.4, 0.5) is 5.69 Å². The summed E-state index contributed by atoms with van der Waals surface area (Å²) in [7, 11) is 0. The van der Waals surface area contributed by atoms with Crippen molar-refractivity contribution in [1.29, 1.82) is 0 Å². The number of carbonyl (C=O) groups is 1. The van der Waals surface area contributed by atoms with E-state index in [0.29, 0.717) is 5.69 Å². The predicted molar refractivity (Wildman–Crippen MR) is 94.3 cm³/mol. The molecule has 0 aliphatic rings. The zero-order chi connectivity index (χ0) is 17.4. The van der Waals surface area contributed by atoms with Crippen molar-refractivity contribution in [2.24, 2.45) is 4.99 Å². The lowest BCUT2D eigenvalue weighted by Crippen LogP contribution is -2.11. The number of allylic oxidation sites excluding steroid dienone is 1. The first-order valence-corrected chi connectivity index (χ1v) is 7.35. The Morgan fingerprint density at radius 1 is 1.33 bits per heavy atom. The van der Waals surface area contributed by atoms with E-state index < -0.39 is 5.97 Å². The Morgan fingerprint density at radius 3 is 2.83 bits per heavy atom. The Hall–Kier alpha value is -3.21. The summed E-state index contributed by atoms with van der Waals surface area (Å²) in [6.45, 7) is 4.95. The van der Waals surface area contributed by atoms with Crippen LogP contribution in [0.5, 0.6) is 0 Å². The number of hydrogen-bond donors (Lipinski definition) is 1. The highest BCUT2D eigenvalue weighted by Gasteiger charge is 2.12. The van der Waals surface area contributed by atoms with E-state index in [1.807, 2.05) is 36.4 Å². The SMILES string of the molecule is C=CCOC(=O)C(C=Nc1cccc(-c2ccccn2)c1)=C(C)O. The number of aliphatic hydroxyl groups excluding tert-OH is 1. The number of carbonyl (C=O) groups excluding carboxylic acids is 1. The van der Waals surface area contributed by atoms with E-state index in [-0.39, 0.29) is 17.9 Å². The van der Waals surface area contributed by atoms with Crippen LogP contribution in [-0.4, -0.2) is 28.9 Å². The first-order chi connectivity index (χ1) is 11.6. The van der Waals surface area contributed by atoms with Gasteiger partial charge in [-0.05, 0) is 31.2 Å². The van der Waals surface area contributed by atoms with Gasteiger partial charge in [0.1, 0.15) is 17.9 Å².